The van der Waals surface area contributed by atoms with Crippen LogP contribution in [0.2, 0.25) is 0 Å². The van der Waals surface area contributed by atoms with E-state index < -0.39 is 5.41 Å². The third-order valence-electron chi connectivity index (χ3n) is 8.29. The first kappa shape index (κ1) is 24.2. The van der Waals surface area contributed by atoms with E-state index in [2.05, 4.69) is 33.1 Å². The second-order valence-electron chi connectivity index (χ2n) is 10.6. The van der Waals surface area contributed by atoms with E-state index in [-0.39, 0.29) is 11.6 Å². The molecule has 0 unspecified atom stereocenters. The Hall–Kier alpha value is -2.52. The van der Waals surface area contributed by atoms with Gasteiger partial charge in [-0.15, -0.1) is 0 Å². The molecule has 0 aromatic carbocycles. The number of hydrogen-bond acceptors (Lipinski definition) is 9. The van der Waals surface area contributed by atoms with Gasteiger partial charge in [-0.1, -0.05) is 6.42 Å². The number of nitrogens with zero attached hydrogens (tertiary/aromatic N) is 5. The van der Waals surface area contributed by atoms with Crippen LogP contribution in [0.25, 0.3) is 5.70 Å². The van der Waals surface area contributed by atoms with Crippen LogP contribution in [0.5, 0.6) is 0 Å². The fourth-order valence-corrected chi connectivity index (χ4v) is 6.05. The maximum Gasteiger partial charge on any atom is 0.179 e. The Morgan fingerprint density at radius 1 is 0.886 bits per heavy atom. The van der Waals surface area contributed by atoms with Crippen molar-refractivity contribution in [3.8, 4) is 0 Å². The van der Waals surface area contributed by atoms with Crippen LogP contribution >= 0.6 is 0 Å². The fraction of sp³-hybridized carbons (Fsp3) is 0.692. The monoisotopic (exact) mass is 481 g/mol. The number of carbonyl (C=O) groups is 2. The number of aromatic nitrogens is 2. The first-order chi connectivity index (χ1) is 17.0. The number of nitrogens with two attached hydrogens (primary N) is 1. The van der Waals surface area contributed by atoms with Crippen molar-refractivity contribution < 1.29 is 9.59 Å². The van der Waals surface area contributed by atoms with Gasteiger partial charge < -0.3 is 25.8 Å². The number of hydrogen-bond donors (Lipinski definition) is 2. The summed E-state index contributed by atoms with van der Waals surface area (Å²) >= 11 is 0. The molecule has 0 amide bonds. The molecule has 2 saturated carbocycles. The van der Waals surface area contributed by atoms with E-state index in [1.165, 1.54) is 0 Å². The van der Waals surface area contributed by atoms with Crippen LogP contribution in [0.3, 0.4) is 0 Å². The highest BCUT2D eigenvalue weighted by Crippen LogP contribution is 2.45. The lowest BCUT2D eigenvalue weighted by Gasteiger charge is -2.38. The fourth-order valence-electron chi connectivity index (χ4n) is 6.05. The van der Waals surface area contributed by atoms with Crippen LogP contribution in [0.15, 0.2) is 11.6 Å². The van der Waals surface area contributed by atoms with Crippen molar-refractivity contribution in [2.75, 3.05) is 69.2 Å². The number of nitrogens with one attached hydrogen (secondary N) is 1. The van der Waals surface area contributed by atoms with Gasteiger partial charge in [-0.25, -0.2) is 9.97 Å². The highest BCUT2D eigenvalue weighted by Gasteiger charge is 2.49. The molecule has 2 saturated heterocycles. The summed E-state index contributed by atoms with van der Waals surface area (Å²) in [5.41, 5.74) is 6.76. The zero-order valence-corrected chi connectivity index (χ0v) is 21.0. The molecule has 3 N–H and O–H groups in total. The molecule has 1 aromatic heterocycles. The molecule has 4 aliphatic rings. The van der Waals surface area contributed by atoms with Gasteiger partial charge in [0.25, 0.3) is 0 Å². The third kappa shape index (κ3) is 4.80. The van der Waals surface area contributed by atoms with Gasteiger partial charge in [0.05, 0.1) is 11.1 Å². The summed E-state index contributed by atoms with van der Waals surface area (Å²) in [6, 6.07) is 2.08. The molecule has 1 spiro atoms. The van der Waals surface area contributed by atoms with Crippen LogP contribution in [-0.2, 0) is 9.59 Å². The quantitative estimate of drug-likeness (QED) is 0.491. The molecular weight excluding hydrogens is 442 g/mol. The molecule has 3 heterocycles. The number of allylic oxidation sites excluding steroid dienone is 1. The SMILES string of the molecule is CN1CCN(c2cc(N3CCCNCC3)nc(/C(N)=C3\CCC[C@@]4(CCCCC4=O)C3=O)n2)CC1. The van der Waals surface area contributed by atoms with E-state index in [0.717, 1.165) is 89.7 Å². The minimum Gasteiger partial charge on any atom is -0.395 e. The molecule has 190 valence electrons. The summed E-state index contributed by atoms with van der Waals surface area (Å²) in [5.74, 6) is 2.19. The van der Waals surface area contributed by atoms with Gasteiger partial charge in [-0.05, 0) is 52.1 Å². The average Bonchev–Trinajstić information content (AvgIpc) is 3.17. The van der Waals surface area contributed by atoms with Crippen molar-refractivity contribution in [1.29, 1.82) is 0 Å². The summed E-state index contributed by atoms with van der Waals surface area (Å²) in [4.78, 5) is 43.4. The van der Waals surface area contributed by atoms with E-state index in [1.807, 2.05) is 0 Å². The van der Waals surface area contributed by atoms with Gasteiger partial charge in [0.1, 0.15) is 17.4 Å². The first-order valence-corrected chi connectivity index (χ1v) is 13.3. The smallest absolute Gasteiger partial charge is 0.179 e. The van der Waals surface area contributed by atoms with Crippen molar-refractivity contribution in [2.24, 2.45) is 11.1 Å². The predicted octanol–water partition coefficient (Wildman–Crippen LogP) is 1.58. The summed E-state index contributed by atoms with van der Waals surface area (Å²) in [6.07, 6.45) is 6.04. The van der Waals surface area contributed by atoms with Crippen molar-refractivity contribution in [1.82, 2.24) is 20.2 Å². The third-order valence-corrected chi connectivity index (χ3v) is 8.29. The lowest BCUT2D eigenvalue weighted by Crippen LogP contribution is -2.45. The molecule has 4 fully saturated rings. The Kier molecular flexibility index (Phi) is 7.07. The minimum atomic E-state index is -0.870. The molecule has 1 aromatic rings. The number of piperazine rings is 1. The van der Waals surface area contributed by atoms with Crippen LogP contribution < -0.4 is 20.9 Å². The molecule has 2 aliphatic carbocycles. The molecule has 1 atom stereocenters. The van der Waals surface area contributed by atoms with Gasteiger partial charge in [-0.3, -0.25) is 9.59 Å². The Bertz CT molecular complexity index is 989. The number of Topliss-reactive ketones (excluding diaryl/α,β-unsaturated/α-hetero) is 2. The molecular formula is C26H39N7O2. The number of ketones is 2. The molecule has 5 rings (SSSR count). The summed E-state index contributed by atoms with van der Waals surface area (Å²) < 4.78 is 0. The lowest BCUT2D eigenvalue weighted by molar-refractivity contribution is -0.143. The Morgan fingerprint density at radius 3 is 2.34 bits per heavy atom. The molecule has 9 heteroatoms. The van der Waals surface area contributed by atoms with Crippen molar-refractivity contribution in [3.63, 3.8) is 0 Å². The zero-order valence-electron chi connectivity index (χ0n) is 21.0. The summed E-state index contributed by atoms with van der Waals surface area (Å²) in [6.45, 7) is 7.41. The van der Waals surface area contributed by atoms with Gasteiger partial charge in [0, 0.05) is 63.9 Å². The summed E-state index contributed by atoms with van der Waals surface area (Å²) in [5, 5.41) is 3.45. The zero-order chi connectivity index (χ0) is 24.4. The van der Waals surface area contributed by atoms with Gasteiger partial charge in [0.15, 0.2) is 11.6 Å². The highest BCUT2D eigenvalue weighted by molar-refractivity contribution is 6.17. The van der Waals surface area contributed by atoms with Crippen LogP contribution in [0.1, 0.15) is 57.2 Å². The van der Waals surface area contributed by atoms with E-state index in [1.54, 1.807) is 0 Å². The van der Waals surface area contributed by atoms with Crippen molar-refractivity contribution >= 4 is 28.9 Å². The van der Waals surface area contributed by atoms with Gasteiger partial charge >= 0.3 is 0 Å². The average molecular weight is 482 g/mol. The van der Waals surface area contributed by atoms with Gasteiger partial charge in [0.2, 0.25) is 0 Å². The molecule has 0 bridgehead atoms. The molecule has 9 nitrogen and oxygen atoms in total. The highest BCUT2D eigenvalue weighted by atomic mass is 16.2. The van der Waals surface area contributed by atoms with E-state index >= 15 is 0 Å². The maximum atomic E-state index is 13.7. The number of anilines is 2. The maximum absolute atomic E-state index is 13.7. The second-order valence-corrected chi connectivity index (χ2v) is 10.6. The Balaban J connectivity index is 1.53. The van der Waals surface area contributed by atoms with E-state index in [9.17, 15) is 9.59 Å². The van der Waals surface area contributed by atoms with Crippen LogP contribution in [-0.4, -0.2) is 85.8 Å². The predicted molar refractivity (Wildman–Crippen MR) is 137 cm³/mol. The van der Waals surface area contributed by atoms with E-state index in [4.69, 9.17) is 15.7 Å². The Morgan fingerprint density at radius 2 is 1.60 bits per heavy atom. The van der Waals surface area contributed by atoms with Crippen LogP contribution in [0, 0.1) is 5.41 Å². The van der Waals surface area contributed by atoms with Crippen molar-refractivity contribution in [3.05, 3.63) is 17.5 Å². The largest absolute Gasteiger partial charge is 0.395 e. The number of carbonyl (C=O) groups excluding carboxylic acids is 2. The molecule has 0 radical (unpaired) electrons. The summed E-state index contributed by atoms with van der Waals surface area (Å²) in [7, 11) is 2.14. The standard InChI is InChI=1S/C26H39N7O2/c1-31-14-16-33(17-15-31)22-18-21(32-12-5-10-28-11-13-32)29-25(30-22)23(27)19-6-4-9-26(24(19)35)8-3-2-7-20(26)34/h18,28H,2-17,27H2,1H3/b23-19-/t26-/m1/s1. The van der Waals surface area contributed by atoms with Crippen LogP contribution in [0.4, 0.5) is 11.6 Å². The Labute approximate surface area is 208 Å². The first-order valence-electron chi connectivity index (χ1n) is 13.3. The second kappa shape index (κ2) is 10.2. The number of likely N-dealkylation sites (N-methyl/N-ethyl adjacent to an activating group) is 1. The number of rotatable bonds is 3. The topological polar surface area (TPSA) is 108 Å². The minimum absolute atomic E-state index is 0.0694. The van der Waals surface area contributed by atoms with E-state index in [0.29, 0.717) is 42.8 Å². The lowest BCUT2D eigenvalue weighted by atomic mass is 9.62. The molecule has 35 heavy (non-hydrogen) atoms. The van der Waals surface area contributed by atoms with Gasteiger partial charge in [-0.2, -0.15) is 0 Å². The molecule has 2 aliphatic heterocycles. The van der Waals surface area contributed by atoms with Crippen molar-refractivity contribution in [2.45, 2.75) is 51.4 Å². The normalized spacial score (nSPS) is 28.4.